The Morgan fingerprint density at radius 2 is 1.87 bits per heavy atom. The van der Waals surface area contributed by atoms with Crippen molar-refractivity contribution in [2.24, 2.45) is 0 Å². The molecule has 152 valence electrons. The molecule has 2 aromatic carbocycles. The Morgan fingerprint density at radius 1 is 1.10 bits per heavy atom. The first kappa shape index (κ1) is 18.6. The SMILES string of the molecule is CN1N[C@@H]1CNc1ccc(-c2cnc(N)c(-c3ccc4c(c3)CCNC4=O)c2)cc1. The summed E-state index contributed by atoms with van der Waals surface area (Å²) in [6.07, 6.45) is 3.02. The van der Waals surface area contributed by atoms with Crippen LogP contribution in [0.1, 0.15) is 15.9 Å². The van der Waals surface area contributed by atoms with Gasteiger partial charge in [0.1, 0.15) is 12.0 Å². The Morgan fingerprint density at radius 3 is 2.63 bits per heavy atom. The molecule has 1 saturated heterocycles. The van der Waals surface area contributed by atoms with Gasteiger partial charge in [-0.25, -0.2) is 15.4 Å². The number of hydrazine groups is 1. The van der Waals surface area contributed by atoms with Crippen molar-refractivity contribution in [3.8, 4) is 22.3 Å². The highest BCUT2D eigenvalue weighted by Gasteiger charge is 2.27. The lowest BCUT2D eigenvalue weighted by atomic mass is 9.94. The number of hydrogen-bond donors (Lipinski definition) is 4. The standard InChI is InChI=1S/C23H24N6O/c1-29-21(28-29)13-26-18-5-2-14(3-6-18)17-11-20(22(24)27-12-17)15-4-7-19-16(10-15)8-9-25-23(19)30/h2-7,10-12,21,26,28H,8-9,13H2,1H3,(H2,24,27)(H,25,30)/t21-,29?/m0/s1. The van der Waals surface area contributed by atoms with Crippen LogP contribution in [0.15, 0.2) is 54.7 Å². The van der Waals surface area contributed by atoms with Crippen molar-refractivity contribution >= 4 is 17.4 Å². The van der Waals surface area contributed by atoms with E-state index < -0.39 is 0 Å². The maximum atomic E-state index is 12.0. The van der Waals surface area contributed by atoms with Crippen molar-refractivity contribution < 1.29 is 4.79 Å². The number of benzene rings is 2. The largest absolute Gasteiger partial charge is 0.383 e. The quantitative estimate of drug-likeness (QED) is 0.491. The number of nitrogens with zero attached hydrogens (tertiary/aromatic N) is 2. The summed E-state index contributed by atoms with van der Waals surface area (Å²) >= 11 is 0. The molecule has 1 aromatic heterocycles. The average Bonchev–Trinajstić information content (AvgIpc) is 3.48. The van der Waals surface area contributed by atoms with E-state index in [9.17, 15) is 4.79 Å². The highest BCUT2D eigenvalue weighted by Crippen LogP contribution is 2.32. The van der Waals surface area contributed by atoms with Crippen molar-refractivity contribution in [2.45, 2.75) is 12.6 Å². The van der Waals surface area contributed by atoms with Gasteiger partial charge in [0.25, 0.3) is 5.91 Å². The number of fused-ring (bicyclic) bond motifs is 1. The molecular weight excluding hydrogens is 376 g/mol. The lowest BCUT2D eigenvalue weighted by Gasteiger charge is -2.18. The number of likely N-dealkylation sites (N-methyl/N-ethyl adjacent to an activating group) is 1. The molecule has 0 aliphatic carbocycles. The predicted molar refractivity (Wildman–Crippen MR) is 119 cm³/mol. The maximum absolute atomic E-state index is 12.0. The van der Waals surface area contributed by atoms with Crippen molar-refractivity contribution in [2.75, 3.05) is 31.2 Å². The number of carbonyl (C=O) groups excluding carboxylic acids is 1. The first-order chi connectivity index (χ1) is 14.6. The van der Waals surface area contributed by atoms with E-state index in [1.165, 1.54) is 0 Å². The minimum Gasteiger partial charge on any atom is -0.383 e. The number of anilines is 2. The number of aromatic nitrogens is 1. The van der Waals surface area contributed by atoms with Gasteiger partial charge in [0, 0.05) is 48.7 Å². The van der Waals surface area contributed by atoms with Gasteiger partial charge in [-0.1, -0.05) is 24.3 Å². The lowest BCUT2D eigenvalue weighted by molar-refractivity contribution is 0.0946. The lowest BCUT2D eigenvalue weighted by Crippen LogP contribution is -2.31. The molecule has 2 atom stereocenters. The Labute approximate surface area is 175 Å². The number of nitrogens with one attached hydrogen (secondary N) is 3. The fraction of sp³-hybridized carbons (Fsp3) is 0.217. The molecule has 0 spiro atoms. The van der Waals surface area contributed by atoms with Gasteiger partial charge in [-0.15, -0.1) is 0 Å². The molecule has 5 rings (SSSR count). The summed E-state index contributed by atoms with van der Waals surface area (Å²) in [7, 11) is 2.03. The zero-order chi connectivity index (χ0) is 20.7. The molecule has 2 aliphatic heterocycles. The summed E-state index contributed by atoms with van der Waals surface area (Å²) in [6.45, 7) is 1.52. The first-order valence-corrected chi connectivity index (χ1v) is 10.1. The molecule has 1 amide bonds. The van der Waals surface area contributed by atoms with E-state index in [1.807, 2.05) is 19.2 Å². The topological polar surface area (TPSA) is 105 Å². The van der Waals surface area contributed by atoms with E-state index in [0.717, 1.165) is 52.0 Å². The number of rotatable bonds is 5. The van der Waals surface area contributed by atoms with E-state index in [2.05, 4.69) is 62.5 Å². The number of amides is 1. The average molecular weight is 400 g/mol. The minimum absolute atomic E-state index is 0.0135. The van der Waals surface area contributed by atoms with Crippen molar-refractivity contribution in [3.05, 3.63) is 65.9 Å². The second kappa shape index (κ2) is 7.44. The summed E-state index contributed by atoms with van der Waals surface area (Å²) in [5.74, 6) is 0.471. The molecule has 5 N–H and O–H groups in total. The minimum atomic E-state index is -0.0135. The molecule has 7 heteroatoms. The van der Waals surface area contributed by atoms with Crippen LogP contribution in [0, 0.1) is 0 Å². The fourth-order valence-corrected chi connectivity index (χ4v) is 3.84. The summed E-state index contributed by atoms with van der Waals surface area (Å²) in [5, 5.41) is 8.37. The molecule has 3 heterocycles. The van der Waals surface area contributed by atoms with Gasteiger partial charge in [-0.05, 0) is 47.4 Å². The van der Waals surface area contributed by atoms with Crippen LogP contribution in [0.3, 0.4) is 0 Å². The third kappa shape index (κ3) is 3.60. The van der Waals surface area contributed by atoms with Crippen LogP contribution in [0.4, 0.5) is 11.5 Å². The van der Waals surface area contributed by atoms with Gasteiger partial charge in [-0.3, -0.25) is 4.79 Å². The van der Waals surface area contributed by atoms with Gasteiger partial charge in [-0.2, -0.15) is 0 Å². The van der Waals surface area contributed by atoms with Crippen LogP contribution in [-0.2, 0) is 6.42 Å². The van der Waals surface area contributed by atoms with E-state index in [4.69, 9.17) is 5.73 Å². The number of carbonyl (C=O) groups is 1. The number of nitrogen functional groups attached to an aromatic ring is 1. The normalized spacial score (nSPS) is 19.7. The highest BCUT2D eigenvalue weighted by molar-refractivity contribution is 5.97. The van der Waals surface area contributed by atoms with Crippen molar-refractivity contribution in [1.29, 1.82) is 0 Å². The van der Waals surface area contributed by atoms with Crippen molar-refractivity contribution in [3.63, 3.8) is 0 Å². The molecule has 1 unspecified atom stereocenters. The third-order valence-corrected chi connectivity index (χ3v) is 5.73. The Balaban J connectivity index is 1.40. The predicted octanol–water partition coefficient (Wildman–Crippen LogP) is 2.47. The summed E-state index contributed by atoms with van der Waals surface area (Å²) in [5.41, 5.74) is 16.2. The van der Waals surface area contributed by atoms with Crippen molar-refractivity contribution in [1.82, 2.24) is 20.7 Å². The summed E-state index contributed by atoms with van der Waals surface area (Å²) in [4.78, 5) is 16.4. The molecule has 2 aliphatic rings. The van der Waals surface area contributed by atoms with Crippen LogP contribution < -0.4 is 21.8 Å². The smallest absolute Gasteiger partial charge is 0.251 e. The summed E-state index contributed by atoms with van der Waals surface area (Å²) < 4.78 is 0. The maximum Gasteiger partial charge on any atom is 0.251 e. The highest BCUT2D eigenvalue weighted by atomic mass is 16.1. The Hall–Kier alpha value is -3.42. The molecule has 0 radical (unpaired) electrons. The van der Waals surface area contributed by atoms with E-state index in [-0.39, 0.29) is 5.91 Å². The molecule has 0 saturated carbocycles. The van der Waals surface area contributed by atoms with Crippen LogP contribution in [0.2, 0.25) is 0 Å². The van der Waals surface area contributed by atoms with E-state index in [0.29, 0.717) is 18.5 Å². The third-order valence-electron chi connectivity index (χ3n) is 5.73. The van der Waals surface area contributed by atoms with Crippen LogP contribution >= 0.6 is 0 Å². The van der Waals surface area contributed by atoms with Crippen LogP contribution in [0.5, 0.6) is 0 Å². The van der Waals surface area contributed by atoms with Gasteiger partial charge in [0.05, 0.1) is 0 Å². The monoisotopic (exact) mass is 400 g/mol. The fourth-order valence-electron chi connectivity index (χ4n) is 3.84. The molecular formula is C23H24N6O. The molecule has 3 aromatic rings. The number of nitrogens with two attached hydrogens (primary N) is 1. The molecule has 1 fully saturated rings. The van der Waals surface area contributed by atoms with Gasteiger partial charge < -0.3 is 16.4 Å². The zero-order valence-electron chi connectivity index (χ0n) is 16.8. The second-order valence-electron chi connectivity index (χ2n) is 7.75. The first-order valence-electron chi connectivity index (χ1n) is 10.1. The molecule has 30 heavy (non-hydrogen) atoms. The van der Waals surface area contributed by atoms with Gasteiger partial charge in [0.2, 0.25) is 0 Å². The molecule has 7 nitrogen and oxygen atoms in total. The van der Waals surface area contributed by atoms with Gasteiger partial charge in [0.15, 0.2) is 0 Å². The zero-order valence-corrected chi connectivity index (χ0v) is 16.8. The van der Waals surface area contributed by atoms with E-state index in [1.54, 1.807) is 6.20 Å². The summed E-state index contributed by atoms with van der Waals surface area (Å²) in [6, 6.07) is 16.3. The van der Waals surface area contributed by atoms with Crippen LogP contribution in [0.25, 0.3) is 22.3 Å². The second-order valence-corrected chi connectivity index (χ2v) is 7.75. The number of pyridine rings is 1. The van der Waals surface area contributed by atoms with E-state index >= 15 is 0 Å². The van der Waals surface area contributed by atoms with Crippen LogP contribution in [-0.4, -0.2) is 42.2 Å². The number of hydrogen-bond acceptors (Lipinski definition) is 6. The Bertz CT molecular complexity index is 1110. The van der Waals surface area contributed by atoms with Gasteiger partial charge >= 0.3 is 0 Å². The Kier molecular flexibility index (Phi) is 4.61. The molecule has 0 bridgehead atoms.